The molecule has 0 amide bonds. The van der Waals surface area contributed by atoms with E-state index < -0.39 is 0 Å². The molecule has 0 spiro atoms. The summed E-state index contributed by atoms with van der Waals surface area (Å²) in [5, 5.41) is 11.0. The Labute approximate surface area is 175 Å². The third kappa shape index (κ3) is 6.14. The highest BCUT2D eigenvalue weighted by molar-refractivity contribution is 7.11. The molecule has 2 N–H and O–H groups in total. The van der Waals surface area contributed by atoms with Crippen LogP contribution < -0.4 is 10.6 Å². The van der Waals surface area contributed by atoms with E-state index in [1.54, 1.807) is 22.7 Å². The van der Waals surface area contributed by atoms with Gasteiger partial charge in [-0.05, 0) is 32.8 Å². The van der Waals surface area contributed by atoms with E-state index in [1.807, 2.05) is 6.92 Å². The van der Waals surface area contributed by atoms with E-state index >= 15 is 0 Å². The van der Waals surface area contributed by atoms with Gasteiger partial charge in [-0.15, -0.1) is 22.7 Å². The van der Waals surface area contributed by atoms with Crippen LogP contribution in [-0.2, 0) is 25.9 Å². The number of hydrogen-bond donors (Lipinski definition) is 2. The van der Waals surface area contributed by atoms with Crippen molar-refractivity contribution in [1.82, 2.24) is 20.6 Å². The summed E-state index contributed by atoms with van der Waals surface area (Å²) in [5.74, 6) is 0.798. The highest BCUT2D eigenvalue weighted by Crippen LogP contribution is 2.16. The van der Waals surface area contributed by atoms with E-state index in [9.17, 15) is 0 Å². The third-order valence-electron chi connectivity index (χ3n) is 4.29. The minimum atomic E-state index is 0.576. The van der Waals surface area contributed by atoms with Crippen molar-refractivity contribution in [2.24, 2.45) is 4.99 Å². The molecule has 7 heteroatoms. The molecule has 0 radical (unpaired) electrons. The van der Waals surface area contributed by atoms with E-state index in [-0.39, 0.29) is 0 Å². The summed E-state index contributed by atoms with van der Waals surface area (Å²) in [4.78, 5) is 15.3. The average Bonchev–Trinajstić information content (AvgIpc) is 3.29. The van der Waals surface area contributed by atoms with Gasteiger partial charge in [0.25, 0.3) is 0 Å². The molecular weight excluding hydrogens is 386 g/mol. The molecule has 1 aromatic carbocycles. The van der Waals surface area contributed by atoms with Crippen LogP contribution in [0.3, 0.4) is 0 Å². The van der Waals surface area contributed by atoms with E-state index in [1.165, 1.54) is 15.4 Å². The van der Waals surface area contributed by atoms with Crippen LogP contribution in [0, 0.1) is 13.8 Å². The van der Waals surface area contributed by atoms with Gasteiger partial charge in [-0.3, -0.25) is 0 Å². The normalized spacial score (nSPS) is 11.6. The standard InChI is InChI=1S/C21H27N5S2/c1-4-22-21(24-13-20-25-15(2)16(3)28-20)23-12-18-14-27-19(26-18)11-10-17-8-6-5-7-9-17/h5-9,14H,4,10-13H2,1-3H3,(H2,22,23,24). The van der Waals surface area contributed by atoms with Crippen molar-refractivity contribution in [3.05, 3.63) is 67.6 Å². The number of aliphatic imine (C=N–C) groups is 1. The van der Waals surface area contributed by atoms with Crippen molar-refractivity contribution in [2.45, 2.75) is 46.7 Å². The van der Waals surface area contributed by atoms with E-state index in [2.05, 4.69) is 70.2 Å². The smallest absolute Gasteiger partial charge is 0.191 e. The van der Waals surface area contributed by atoms with Crippen molar-refractivity contribution in [3.63, 3.8) is 0 Å². The first-order valence-corrected chi connectivity index (χ1v) is 11.3. The van der Waals surface area contributed by atoms with Crippen molar-refractivity contribution in [1.29, 1.82) is 0 Å². The summed E-state index contributed by atoms with van der Waals surface area (Å²) in [7, 11) is 0. The Morgan fingerprint density at radius 2 is 1.86 bits per heavy atom. The molecule has 0 aliphatic carbocycles. The van der Waals surface area contributed by atoms with Crippen LogP contribution in [0.5, 0.6) is 0 Å². The van der Waals surface area contributed by atoms with Gasteiger partial charge in [-0.25, -0.2) is 15.0 Å². The zero-order valence-corrected chi connectivity index (χ0v) is 18.3. The largest absolute Gasteiger partial charge is 0.357 e. The van der Waals surface area contributed by atoms with Crippen molar-refractivity contribution in [3.8, 4) is 0 Å². The molecule has 2 aromatic heterocycles. The Balaban J connectivity index is 1.53. The first-order valence-electron chi connectivity index (χ1n) is 9.56. The van der Waals surface area contributed by atoms with Crippen molar-refractivity contribution >= 4 is 28.6 Å². The van der Waals surface area contributed by atoms with Crippen LogP contribution in [0.25, 0.3) is 0 Å². The van der Waals surface area contributed by atoms with Crippen LogP contribution in [-0.4, -0.2) is 22.5 Å². The second kappa shape index (κ2) is 10.3. The van der Waals surface area contributed by atoms with Gasteiger partial charge in [0, 0.05) is 23.2 Å². The Bertz CT molecular complexity index is 879. The molecule has 0 atom stereocenters. The number of benzene rings is 1. The van der Waals surface area contributed by atoms with E-state index in [0.717, 1.165) is 41.7 Å². The lowest BCUT2D eigenvalue weighted by atomic mass is 10.1. The highest BCUT2D eigenvalue weighted by atomic mass is 32.1. The molecule has 0 bridgehead atoms. The molecule has 0 fully saturated rings. The Morgan fingerprint density at radius 3 is 2.57 bits per heavy atom. The van der Waals surface area contributed by atoms with Crippen molar-refractivity contribution in [2.75, 3.05) is 6.54 Å². The Morgan fingerprint density at radius 1 is 1.04 bits per heavy atom. The second-order valence-electron chi connectivity index (χ2n) is 6.52. The average molecular weight is 414 g/mol. The number of hydrogen-bond acceptors (Lipinski definition) is 5. The highest BCUT2D eigenvalue weighted by Gasteiger charge is 2.06. The number of guanidine groups is 1. The molecule has 3 rings (SSSR count). The monoisotopic (exact) mass is 413 g/mol. The lowest BCUT2D eigenvalue weighted by Gasteiger charge is -2.09. The van der Waals surface area contributed by atoms with Gasteiger partial charge in [0.2, 0.25) is 0 Å². The predicted molar refractivity (Wildman–Crippen MR) is 119 cm³/mol. The summed E-state index contributed by atoms with van der Waals surface area (Å²) in [6.07, 6.45) is 1.99. The summed E-state index contributed by atoms with van der Waals surface area (Å²) in [6, 6.07) is 10.6. The fraction of sp³-hybridized carbons (Fsp3) is 0.381. The van der Waals surface area contributed by atoms with Gasteiger partial charge in [-0.1, -0.05) is 30.3 Å². The summed E-state index contributed by atoms with van der Waals surface area (Å²) in [6.45, 7) is 8.30. The molecular formula is C21H27N5S2. The molecule has 0 unspecified atom stereocenters. The van der Waals surface area contributed by atoms with E-state index in [0.29, 0.717) is 13.1 Å². The van der Waals surface area contributed by atoms with Gasteiger partial charge >= 0.3 is 0 Å². The summed E-state index contributed by atoms with van der Waals surface area (Å²) in [5.41, 5.74) is 3.48. The van der Waals surface area contributed by atoms with Crippen molar-refractivity contribution < 1.29 is 0 Å². The summed E-state index contributed by atoms with van der Waals surface area (Å²) < 4.78 is 0. The fourth-order valence-corrected chi connectivity index (χ4v) is 4.37. The fourth-order valence-electron chi connectivity index (χ4n) is 2.71. The minimum absolute atomic E-state index is 0.576. The zero-order chi connectivity index (χ0) is 19.8. The molecule has 5 nitrogen and oxygen atoms in total. The Hall–Kier alpha value is -2.25. The molecule has 0 saturated heterocycles. The molecule has 3 aromatic rings. The predicted octanol–water partition coefficient (Wildman–Crippen LogP) is 4.26. The second-order valence-corrected chi connectivity index (χ2v) is 8.75. The topological polar surface area (TPSA) is 62.2 Å². The summed E-state index contributed by atoms with van der Waals surface area (Å²) >= 11 is 3.45. The van der Waals surface area contributed by atoms with Crippen LogP contribution in [0.2, 0.25) is 0 Å². The number of nitrogens with zero attached hydrogens (tertiary/aromatic N) is 3. The molecule has 0 aliphatic rings. The van der Waals surface area contributed by atoms with E-state index in [4.69, 9.17) is 4.98 Å². The van der Waals surface area contributed by atoms with Crippen LogP contribution in [0.1, 0.15) is 38.8 Å². The maximum absolute atomic E-state index is 4.74. The van der Waals surface area contributed by atoms with Gasteiger partial charge in [0.1, 0.15) is 5.01 Å². The molecule has 148 valence electrons. The first kappa shape index (κ1) is 20.5. The number of aryl methyl sites for hydroxylation is 4. The third-order valence-corrected chi connectivity index (χ3v) is 6.32. The molecule has 28 heavy (non-hydrogen) atoms. The van der Waals surface area contributed by atoms with Crippen LogP contribution >= 0.6 is 22.7 Å². The maximum atomic E-state index is 4.74. The quantitative estimate of drug-likeness (QED) is 0.428. The number of rotatable bonds is 8. The number of nitrogens with one attached hydrogen (secondary N) is 2. The van der Waals surface area contributed by atoms with Gasteiger partial charge in [-0.2, -0.15) is 0 Å². The number of aromatic nitrogens is 2. The number of thiazole rings is 2. The SMILES string of the molecule is CCNC(=NCc1csc(CCc2ccccc2)n1)NCc1nc(C)c(C)s1. The van der Waals surface area contributed by atoms with Gasteiger partial charge in [0.05, 0.1) is 29.5 Å². The van der Waals surface area contributed by atoms with Crippen LogP contribution in [0.15, 0.2) is 40.7 Å². The zero-order valence-electron chi connectivity index (χ0n) is 16.7. The lowest BCUT2D eigenvalue weighted by Crippen LogP contribution is -2.36. The van der Waals surface area contributed by atoms with Crippen LogP contribution in [0.4, 0.5) is 0 Å². The van der Waals surface area contributed by atoms with Gasteiger partial charge in [0.15, 0.2) is 5.96 Å². The Kier molecular flexibility index (Phi) is 7.56. The lowest BCUT2D eigenvalue weighted by molar-refractivity contribution is 0.805. The first-order chi connectivity index (χ1) is 13.6. The molecule has 2 heterocycles. The molecule has 0 saturated carbocycles. The molecule has 0 aliphatic heterocycles. The maximum Gasteiger partial charge on any atom is 0.191 e. The van der Waals surface area contributed by atoms with Gasteiger partial charge < -0.3 is 10.6 Å². The minimum Gasteiger partial charge on any atom is -0.357 e.